The largest absolute Gasteiger partial charge is 0.296 e. The Kier molecular flexibility index (Phi) is 11.0. The van der Waals surface area contributed by atoms with Crippen LogP contribution in [0.4, 0.5) is 11.4 Å². The third-order valence-corrected chi connectivity index (χ3v) is 7.38. The second-order valence-corrected chi connectivity index (χ2v) is 11.5. The summed E-state index contributed by atoms with van der Waals surface area (Å²) < 4.78 is 2.37. The number of anilines is 1. The van der Waals surface area contributed by atoms with Crippen LogP contribution in [0.3, 0.4) is 0 Å². The van der Waals surface area contributed by atoms with Crippen LogP contribution >= 0.6 is 46.7 Å². The SMILES string of the molecule is CSc1nnc(C)c(=O)n1/N=C(\NN(C)C)N(C(=Nc1ccc(Cl)cc1)Nn1c(SC)nnc(C)c1=O)c1ccc(Cl)cc1. The molecule has 0 amide bonds. The topological polar surface area (TPSA) is 151 Å². The van der Waals surface area contributed by atoms with E-state index in [0.717, 1.165) is 4.68 Å². The minimum Gasteiger partial charge on any atom is -0.287 e. The number of nitrogens with one attached hydrogen (secondary N) is 2. The predicted molar refractivity (Wildman–Crippen MR) is 177 cm³/mol. The minimum atomic E-state index is -0.475. The molecule has 0 radical (unpaired) electrons. The molecule has 0 aliphatic rings. The van der Waals surface area contributed by atoms with Crippen molar-refractivity contribution < 1.29 is 0 Å². The summed E-state index contributed by atoms with van der Waals surface area (Å²) >= 11 is 14.8. The second kappa shape index (κ2) is 14.7. The summed E-state index contributed by atoms with van der Waals surface area (Å²) in [5.74, 6) is 0.185. The van der Waals surface area contributed by atoms with Crippen molar-refractivity contribution in [1.29, 1.82) is 0 Å². The molecule has 230 valence electrons. The summed E-state index contributed by atoms with van der Waals surface area (Å²) in [6.07, 6.45) is 3.52. The van der Waals surface area contributed by atoms with E-state index in [4.69, 9.17) is 33.3 Å². The first-order chi connectivity index (χ1) is 21.0. The van der Waals surface area contributed by atoms with Crippen LogP contribution in [-0.2, 0) is 0 Å². The van der Waals surface area contributed by atoms with Gasteiger partial charge in [0.1, 0.15) is 11.4 Å². The standard InChI is InChI=1S/C26H28Cl2N12O2S2/c1-15-21(41)39(25(43-5)32-30-15)35-23(29-19-11-7-17(27)8-12-19)38(20-13-9-18(28)10-14-20)24(34-37(3)4)36-40-22(42)16(2)31-33-26(40)44-6/h7-14H,1-6H3,(H,29,35)(H,34,36). The molecule has 0 spiro atoms. The van der Waals surface area contributed by atoms with Crippen LogP contribution in [0.25, 0.3) is 0 Å². The lowest BCUT2D eigenvalue weighted by Gasteiger charge is -2.30. The molecular weight excluding hydrogens is 647 g/mol. The van der Waals surface area contributed by atoms with Gasteiger partial charge in [-0.1, -0.05) is 46.7 Å². The van der Waals surface area contributed by atoms with E-state index in [9.17, 15) is 9.59 Å². The van der Waals surface area contributed by atoms with Crippen molar-refractivity contribution in [3.8, 4) is 0 Å². The Hall–Kier alpha value is -3.96. The summed E-state index contributed by atoms with van der Waals surface area (Å²) in [5.41, 5.74) is 6.65. The first-order valence-corrected chi connectivity index (χ1v) is 15.9. The van der Waals surface area contributed by atoms with Gasteiger partial charge in [-0.15, -0.1) is 25.5 Å². The maximum Gasteiger partial charge on any atom is 0.296 e. The molecule has 0 aliphatic heterocycles. The number of hydrazine groups is 1. The second-order valence-electron chi connectivity index (χ2n) is 9.07. The van der Waals surface area contributed by atoms with Crippen molar-refractivity contribution >= 4 is 70.0 Å². The zero-order valence-electron chi connectivity index (χ0n) is 24.5. The molecule has 0 aliphatic carbocycles. The minimum absolute atomic E-state index is 0.0880. The van der Waals surface area contributed by atoms with Gasteiger partial charge in [0.05, 0.1) is 11.4 Å². The highest BCUT2D eigenvalue weighted by atomic mass is 35.5. The Morgan fingerprint density at radius 2 is 1.34 bits per heavy atom. The van der Waals surface area contributed by atoms with Gasteiger partial charge in [-0.25, -0.2) is 14.9 Å². The average Bonchev–Trinajstić information content (AvgIpc) is 2.99. The fourth-order valence-corrected chi connectivity index (χ4v) is 4.66. The molecule has 4 rings (SSSR count). The number of hydrogen-bond acceptors (Lipinski definition) is 11. The third-order valence-electron chi connectivity index (χ3n) is 5.62. The van der Waals surface area contributed by atoms with Crippen LogP contribution in [0.2, 0.25) is 10.0 Å². The molecule has 18 heteroatoms. The number of hydrogen-bond donors (Lipinski definition) is 2. The number of aryl methyl sites for hydroxylation is 2. The van der Waals surface area contributed by atoms with E-state index in [2.05, 4.69) is 31.2 Å². The fourth-order valence-electron chi connectivity index (χ4n) is 3.55. The maximum absolute atomic E-state index is 13.3. The molecule has 2 heterocycles. The number of aromatic nitrogens is 6. The molecule has 0 fully saturated rings. The molecule has 0 saturated carbocycles. The first-order valence-electron chi connectivity index (χ1n) is 12.7. The van der Waals surface area contributed by atoms with Gasteiger partial charge in [-0.05, 0) is 74.9 Å². The summed E-state index contributed by atoms with van der Waals surface area (Å²) in [6.45, 7) is 3.10. The molecule has 0 saturated heterocycles. The van der Waals surface area contributed by atoms with Crippen molar-refractivity contribution in [1.82, 2.24) is 40.2 Å². The molecule has 4 aromatic rings. The molecule has 0 unspecified atom stereocenters. The Morgan fingerprint density at radius 3 is 1.91 bits per heavy atom. The highest BCUT2D eigenvalue weighted by molar-refractivity contribution is 7.98. The lowest BCUT2D eigenvalue weighted by Crippen LogP contribution is -2.54. The van der Waals surface area contributed by atoms with Gasteiger partial charge in [-0.2, -0.15) is 9.35 Å². The van der Waals surface area contributed by atoms with Gasteiger partial charge in [-0.3, -0.25) is 20.4 Å². The van der Waals surface area contributed by atoms with Gasteiger partial charge in [0.15, 0.2) is 0 Å². The predicted octanol–water partition coefficient (Wildman–Crippen LogP) is 3.58. The number of benzene rings is 2. The lowest BCUT2D eigenvalue weighted by molar-refractivity contribution is 0.358. The van der Waals surface area contributed by atoms with Crippen molar-refractivity contribution in [2.24, 2.45) is 10.1 Å². The van der Waals surface area contributed by atoms with Crippen LogP contribution in [0.1, 0.15) is 11.4 Å². The van der Waals surface area contributed by atoms with Gasteiger partial charge >= 0.3 is 0 Å². The van der Waals surface area contributed by atoms with E-state index in [1.165, 1.54) is 28.2 Å². The number of guanidine groups is 2. The summed E-state index contributed by atoms with van der Waals surface area (Å²) in [6, 6.07) is 13.6. The highest BCUT2D eigenvalue weighted by Gasteiger charge is 2.25. The van der Waals surface area contributed by atoms with Crippen LogP contribution in [0.15, 0.2) is 78.5 Å². The monoisotopic (exact) mass is 674 g/mol. The Morgan fingerprint density at radius 1 is 0.795 bits per heavy atom. The smallest absolute Gasteiger partial charge is 0.287 e. The van der Waals surface area contributed by atoms with Crippen LogP contribution < -0.4 is 26.9 Å². The summed E-state index contributed by atoms with van der Waals surface area (Å²) in [4.78, 5) is 33.0. The lowest BCUT2D eigenvalue weighted by atomic mass is 10.3. The maximum atomic E-state index is 13.3. The average molecular weight is 676 g/mol. The molecule has 2 aromatic heterocycles. The van der Waals surface area contributed by atoms with Crippen LogP contribution in [0, 0.1) is 13.8 Å². The molecule has 2 N–H and O–H groups in total. The number of rotatable bonds is 7. The van der Waals surface area contributed by atoms with Crippen molar-refractivity contribution in [3.05, 3.63) is 90.7 Å². The van der Waals surface area contributed by atoms with Crippen molar-refractivity contribution in [2.75, 3.05) is 36.9 Å². The van der Waals surface area contributed by atoms with Gasteiger partial charge < -0.3 is 0 Å². The third kappa shape index (κ3) is 7.75. The number of nitrogens with zero attached hydrogens (tertiary/aromatic N) is 10. The fraction of sp³-hybridized carbons (Fsp3) is 0.231. The van der Waals surface area contributed by atoms with E-state index in [1.54, 1.807) is 98.9 Å². The Labute approximate surface area is 271 Å². The molecule has 0 bridgehead atoms. The normalized spacial score (nSPS) is 12.0. The summed E-state index contributed by atoms with van der Waals surface area (Å²) in [7, 11) is 3.50. The number of thioether (sulfide) groups is 2. The molecule has 2 aromatic carbocycles. The molecule has 44 heavy (non-hydrogen) atoms. The number of halogens is 2. The van der Waals surface area contributed by atoms with Crippen molar-refractivity contribution in [2.45, 2.75) is 24.2 Å². The number of aliphatic imine (C=N–C) groups is 1. The quantitative estimate of drug-likeness (QED) is 0.128. The Bertz CT molecular complexity index is 1810. The van der Waals surface area contributed by atoms with Gasteiger partial charge in [0, 0.05) is 24.1 Å². The van der Waals surface area contributed by atoms with Crippen molar-refractivity contribution in [3.63, 3.8) is 0 Å². The zero-order valence-corrected chi connectivity index (χ0v) is 27.6. The van der Waals surface area contributed by atoms with Crippen LogP contribution in [-0.4, -0.2) is 73.3 Å². The van der Waals surface area contributed by atoms with E-state index < -0.39 is 11.1 Å². The van der Waals surface area contributed by atoms with E-state index in [-0.39, 0.29) is 33.6 Å². The Balaban J connectivity index is 2.08. The van der Waals surface area contributed by atoms with Crippen LogP contribution in [0.5, 0.6) is 0 Å². The van der Waals surface area contributed by atoms with E-state index in [1.807, 2.05) is 0 Å². The van der Waals surface area contributed by atoms with E-state index >= 15 is 0 Å². The molecule has 14 nitrogen and oxygen atoms in total. The first kappa shape index (κ1) is 32.9. The summed E-state index contributed by atoms with van der Waals surface area (Å²) in [5, 5.41) is 24.1. The highest BCUT2D eigenvalue weighted by Crippen LogP contribution is 2.23. The van der Waals surface area contributed by atoms with Gasteiger partial charge in [0.25, 0.3) is 11.1 Å². The molecular formula is C26H28Cl2N12O2S2. The van der Waals surface area contributed by atoms with E-state index in [0.29, 0.717) is 21.4 Å². The van der Waals surface area contributed by atoms with Gasteiger partial charge in [0.2, 0.25) is 22.2 Å². The zero-order chi connectivity index (χ0) is 32.0. The molecule has 0 atom stereocenters.